The largest absolute Gasteiger partial charge is 0.395 e. The molecule has 1 aromatic rings. The number of carbonyl (C=O) groups is 1. The van der Waals surface area contributed by atoms with Crippen molar-refractivity contribution in [2.75, 3.05) is 26.2 Å². The van der Waals surface area contributed by atoms with Crippen LogP contribution >= 0.6 is 0 Å². The average Bonchev–Trinajstić information content (AvgIpc) is 2.29. The van der Waals surface area contributed by atoms with Crippen LogP contribution < -0.4 is 0 Å². The maximum atomic E-state index is 12.0. The van der Waals surface area contributed by atoms with Gasteiger partial charge in [-0.15, -0.1) is 0 Å². The van der Waals surface area contributed by atoms with Crippen molar-refractivity contribution in [1.29, 1.82) is 0 Å². The van der Waals surface area contributed by atoms with Crippen LogP contribution in [0.25, 0.3) is 0 Å². The van der Waals surface area contributed by atoms with E-state index >= 15 is 0 Å². The zero-order chi connectivity index (χ0) is 12.7. The fourth-order valence-corrected chi connectivity index (χ4v) is 1.84. The summed E-state index contributed by atoms with van der Waals surface area (Å²) in [5.41, 5.74) is 1.85. The highest BCUT2D eigenvalue weighted by Gasteiger charge is 2.11. The van der Waals surface area contributed by atoms with Gasteiger partial charge in [-0.1, -0.05) is 30.7 Å². The summed E-state index contributed by atoms with van der Waals surface area (Å²) in [6, 6.07) is 7.64. The molecule has 0 spiro atoms. The molecule has 0 fully saturated rings. The van der Waals surface area contributed by atoms with E-state index < -0.39 is 0 Å². The number of aryl methyl sites for hydroxylation is 1. The van der Waals surface area contributed by atoms with Crippen molar-refractivity contribution in [2.45, 2.75) is 20.3 Å². The van der Waals surface area contributed by atoms with Gasteiger partial charge in [-0.25, -0.2) is 0 Å². The predicted octanol–water partition coefficient (Wildman–Crippen LogP) is 1.88. The molecule has 0 heterocycles. The van der Waals surface area contributed by atoms with Crippen LogP contribution in [0.15, 0.2) is 24.3 Å². The Kier molecular flexibility index (Phi) is 5.87. The Bertz CT molecular complexity index is 357. The van der Waals surface area contributed by atoms with E-state index in [-0.39, 0.29) is 12.4 Å². The SMILES string of the molecule is CCCN(CCO)CC(=O)c1cccc(C)c1. The molecule has 0 aliphatic rings. The number of hydrogen-bond donors (Lipinski definition) is 1. The van der Waals surface area contributed by atoms with E-state index in [0.29, 0.717) is 13.1 Å². The quantitative estimate of drug-likeness (QED) is 0.734. The standard InChI is InChI=1S/C14H21NO2/c1-3-7-15(8-9-16)11-14(17)13-6-4-5-12(2)10-13/h4-6,10,16H,3,7-9,11H2,1-2H3. The molecule has 0 bridgehead atoms. The van der Waals surface area contributed by atoms with Gasteiger partial charge in [-0.05, 0) is 26.0 Å². The van der Waals surface area contributed by atoms with Crippen LogP contribution in [0.2, 0.25) is 0 Å². The highest BCUT2D eigenvalue weighted by Crippen LogP contribution is 2.06. The monoisotopic (exact) mass is 235 g/mol. The van der Waals surface area contributed by atoms with Crippen molar-refractivity contribution in [3.8, 4) is 0 Å². The predicted molar refractivity (Wildman–Crippen MR) is 69.3 cm³/mol. The number of Topliss-reactive ketones (excluding diaryl/α,β-unsaturated/α-hetero) is 1. The molecule has 1 N–H and O–H groups in total. The van der Waals surface area contributed by atoms with Gasteiger partial charge >= 0.3 is 0 Å². The van der Waals surface area contributed by atoms with E-state index in [9.17, 15) is 4.79 Å². The van der Waals surface area contributed by atoms with Gasteiger partial charge in [0.1, 0.15) is 0 Å². The second kappa shape index (κ2) is 7.20. The zero-order valence-corrected chi connectivity index (χ0v) is 10.6. The minimum atomic E-state index is 0.0983. The molecule has 0 aromatic heterocycles. The molecule has 0 aliphatic carbocycles. The second-order valence-corrected chi connectivity index (χ2v) is 4.29. The molecule has 1 rings (SSSR count). The number of rotatable bonds is 7. The molecule has 17 heavy (non-hydrogen) atoms. The van der Waals surface area contributed by atoms with E-state index in [0.717, 1.165) is 24.1 Å². The van der Waals surface area contributed by atoms with E-state index in [1.807, 2.05) is 36.1 Å². The van der Waals surface area contributed by atoms with Crippen LogP contribution in [0.5, 0.6) is 0 Å². The smallest absolute Gasteiger partial charge is 0.176 e. The van der Waals surface area contributed by atoms with Gasteiger partial charge in [-0.2, -0.15) is 0 Å². The summed E-state index contributed by atoms with van der Waals surface area (Å²) < 4.78 is 0. The van der Waals surface area contributed by atoms with Crippen molar-refractivity contribution < 1.29 is 9.90 Å². The molecule has 0 saturated heterocycles. The Morgan fingerprint density at radius 2 is 2.12 bits per heavy atom. The summed E-state index contributed by atoms with van der Waals surface area (Å²) in [4.78, 5) is 14.0. The number of nitrogens with zero attached hydrogens (tertiary/aromatic N) is 1. The summed E-state index contributed by atoms with van der Waals surface area (Å²) >= 11 is 0. The summed E-state index contributed by atoms with van der Waals surface area (Å²) in [6.07, 6.45) is 0.987. The second-order valence-electron chi connectivity index (χ2n) is 4.29. The molecule has 94 valence electrons. The summed E-state index contributed by atoms with van der Waals surface area (Å²) in [7, 11) is 0. The van der Waals surface area contributed by atoms with Crippen LogP contribution in [0.1, 0.15) is 29.3 Å². The van der Waals surface area contributed by atoms with Crippen LogP contribution in [0.4, 0.5) is 0 Å². The fourth-order valence-electron chi connectivity index (χ4n) is 1.84. The van der Waals surface area contributed by atoms with Crippen LogP contribution in [0.3, 0.4) is 0 Å². The van der Waals surface area contributed by atoms with Gasteiger partial charge < -0.3 is 5.11 Å². The molecule has 0 amide bonds. The fraction of sp³-hybridized carbons (Fsp3) is 0.500. The van der Waals surface area contributed by atoms with Crippen molar-refractivity contribution in [1.82, 2.24) is 4.90 Å². The van der Waals surface area contributed by atoms with E-state index in [1.165, 1.54) is 0 Å². The molecular formula is C14H21NO2. The summed E-state index contributed by atoms with van der Waals surface area (Å²) in [5, 5.41) is 8.94. The maximum absolute atomic E-state index is 12.0. The first kappa shape index (κ1) is 13.9. The van der Waals surface area contributed by atoms with E-state index in [4.69, 9.17) is 5.11 Å². The minimum absolute atomic E-state index is 0.0983. The van der Waals surface area contributed by atoms with Gasteiger partial charge in [0.05, 0.1) is 13.2 Å². The van der Waals surface area contributed by atoms with Crippen molar-refractivity contribution >= 4 is 5.78 Å². The third kappa shape index (κ3) is 4.67. The van der Waals surface area contributed by atoms with E-state index in [1.54, 1.807) is 0 Å². The summed E-state index contributed by atoms with van der Waals surface area (Å²) in [5.74, 6) is 0.121. The Hall–Kier alpha value is -1.19. The Balaban J connectivity index is 2.63. The molecule has 0 unspecified atom stereocenters. The van der Waals surface area contributed by atoms with E-state index in [2.05, 4.69) is 6.92 Å². The van der Waals surface area contributed by atoms with Crippen LogP contribution in [0, 0.1) is 6.92 Å². The van der Waals surface area contributed by atoms with Crippen molar-refractivity contribution in [3.05, 3.63) is 35.4 Å². The zero-order valence-electron chi connectivity index (χ0n) is 10.6. The van der Waals surface area contributed by atoms with Crippen molar-refractivity contribution in [2.24, 2.45) is 0 Å². The normalized spacial score (nSPS) is 10.8. The topological polar surface area (TPSA) is 40.5 Å². The van der Waals surface area contributed by atoms with Gasteiger partial charge in [-0.3, -0.25) is 9.69 Å². The highest BCUT2D eigenvalue weighted by atomic mass is 16.3. The highest BCUT2D eigenvalue weighted by molar-refractivity contribution is 5.97. The number of aliphatic hydroxyl groups excluding tert-OH is 1. The molecule has 3 heteroatoms. The number of hydrogen-bond acceptors (Lipinski definition) is 3. The Labute approximate surface area is 103 Å². The van der Waals surface area contributed by atoms with Gasteiger partial charge in [0.25, 0.3) is 0 Å². The van der Waals surface area contributed by atoms with Gasteiger partial charge in [0, 0.05) is 12.1 Å². The van der Waals surface area contributed by atoms with Gasteiger partial charge in [0.2, 0.25) is 0 Å². The molecule has 1 aromatic carbocycles. The molecule has 0 radical (unpaired) electrons. The molecule has 0 aliphatic heterocycles. The third-order valence-electron chi connectivity index (χ3n) is 2.66. The third-order valence-corrected chi connectivity index (χ3v) is 2.66. The molecule has 0 atom stereocenters. The number of ketones is 1. The molecular weight excluding hydrogens is 214 g/mol. The molecule has 0 saturated carbocycles. The number of aliphatic hydroxyl groups is 1. The van der Waals surface area contributed by atoms with Crippen LogP contribution in [-0.4, -0.2) is 42.0 Å². The van der Waals surface area contributed by atoms with Crippen LogP contribution in [-0.2, 0) is 0 Å². The average molecular weight is 235 g/mol. The lowest BCUT2D eigenvalue weighted by Gasteiger charge is -2.19. The Morgan fingerprint density at radius 3 is 2.71 bits per heavy atom. The summed E-state index contributed by atoms with van der Waals surface area (Å²) in [6.45, 7) is 5.94. The minimum Gasteiger partial charge on any atom is -0.395 e. The lowest BCUT2D eigenvalue weighted by Crippen LogP contribution is -2.33. The first-order valence-corrected chi connectivity index (χ1v) is 6.10. The lowest BCUT2D eigenvalue weighted by molar-refractivity contribution is 0.0915. The lowest BCUT2D eigenvalue weighted by atomic mass is 10.1. The van der Waals surface area contributed by atoms with Gasteiger partial charge in [0.15, 0.2) is 5.78 Å². The first-order valence-electron chi connectivity index (χ1n) is 6.10. The number of benzene rings is 1. The van der Waals surface area contributed by atoms with Crippen molar-refractivity contribution in [3.63, 3.8) is 0 Å². The maximum Gasteiger partial charge on any atom is 0.176 e. The first-order chi connectivity index (χ1) is 8.17. The molecule has 3 nitrogen and oxygen atoms in total. The Morgan fingerprint density at radius 1 is 1.35 bits per heavy atom. The number of carbonyl (C=O) groups excluding carboxylic acids is 1.